The molecule has 0 amide bonds. The van der Waals surface area contributed by atoms with E-state index in [1.807, 2.05) is 42.5 Å². The van der Waals surface area contributed by atoms with Crippen LogP contribution in [0.2, 0.25) is 0 Å². The van der Waals surface area contributed by atoms with Crippen molar-refractivity contribution in [3.63, 3.8) is 0 Å². The fourth-order valence-electron chi connectivity index (χ4n) is 1.45. The van der Waals surface area contributed by atoms with E-state index in [2.05, 4.69) is 15.0 Å². The first-order valence-electron chi connectivity index (χ1n) is 4.92. The van der Waals surface area contributed by atoms with Crippen LogP contribution in [0.4, 0.5) is 0 Å². The van der Waals surface area contributed by atoms with Crippen LogP contribution in [0.1, 0.15) is 5.69 Å². The van der Waals surface area contributed by atoms with Gasteiger partial charge in [-0.3, -0.25) is 4.98 Å². The second-order valence-corrected chi connectivity index (χ2v) is 3.68. The third-order valence-corrected chi connectivity index (χ3v) is 2.51. The van der Waals surface area contributed by atoms with Crippen LogP contribution in [0.25, 0.3) is 21.6 Å². The first kappa shape index (κ1) is 11.3. The van der Waals surface area contributed by atoms with Crippen LogP contribution in [-0.4, -0.2) is 9.97 Å². The van der Waals surface area contributed by atoms with Crippen LogP contribution < -0.4 is 0 Å². The minimum atomic E-state index is 0.158. The minimum absolute atomic E-state index is 0.158. The average Bonchev–Trinajstić information content (AvgIpc) is 2.40. The molecule has 0 spiro atoms. The van der Waals surface area contributed by atoms with Gasteiger partial charge in [0.05, 0.1) is 5.69 Å². The van der Waals surface area contributed by atoms with Crippen LogP contribution in [0.5, 0.6) is 0 Å². The number of benzene rings is 1. The molecule has 4 nitrogen and oxygen atoms in total. The molecule has 0 bridgehead atoms. The Kier molecular flexibility index (Phi) is 3.45. The molecule has 0 radical (unpaired) electrons. The Hall–Kier alpha value is -2.23. The zero-order chi connectivity index (χ0) is 12.1. The van der Waals surface area contributed by atoms with Gasteiger partial charge in [0.2, 0.25) is 0 Å². The molecule has 1 heterocycles. The molecule has 5 heteroatoms. The Balaban J connectivity index is 2.42. The number of pyridine rings is 1. The Morgan fingerprint density at radius 2 is 1.94 bits per heavy atom. The first-order chi connectivity index (χ1) is 8.31. The highest BCUT2D eigenvalue weighted by atomic mass is 32.1. The van der Waals surface area contributed by atoms with Gasteiger partial charge in [-0.2, -0.15) is 0 Å². The van der Waals surface area contributed by atoms with Crippen molar-refractivity contribution >= 4 is 17.2 Å². The molecule has 1 aromatic carbocycles. The number of hydrogen-bond acceptors (Lipinski definition) is 2. The van der Waals surface area contributed by atoms with Crippen molar-refractivity contribution in [3.8, 4) is 11.1 Å². The van der Waals surface area contributed by atoms with E-state index in [4.69, 9.17) is 17.7 Å². The molecule has 0 fully saturated rings. The number of nitrogens with zero attached hydrogens (tertiary/aromatic N) is 4. The predicted molar refractivity (Wildman–Crippen MR) is 70.5 cm³/mol. The Morgan fingerprint density at radius 1 is 1.18 bits per heavy atom. The molecule has 1 aromatic heterocycles. The maximum Gasteiger partial charge on any atom is 0.126 e. The lowest BCUT2D eigenvalue weighted by molar-refractivity contribution is 1.29. The van der Waals surface area contributed by atoms with Crippen LogP contribution in [0, 0.1) is 0 Å². The van der Waals surface area contributed by atoms with Crippen molar-refractivity contribution in [2.75, 3.05) is 0 Å². The molecule has 0 aliphatic rings. The van der Waals surface area contributed by atoms with E-state index in [9.17, 15) is 0 Å². The molecular weight excluding hydrogens is 232 g/mol. The summed E-state index contributed by atoms with van der Waals surface area (Å²) in [6.07, 6.45) is 1.65. The first-order valence-corrected chi connectivity index (χ1v) is 5.33. The zero-order valence-corrected chi connectivity index (χ0v) is 9.63. The van der Waals surface area contributed by atoms with Gasteiger partial charge in [-0.1, -0.05) is 42.5 Å². The van der Waals surface area contributed by atoms with Gasteiger partial charge in [-0.05, 0) is 33.9 Å². The Labute approximate surface area is 104 Å². The molecule has 0 aliphatic carbocycles. The fraction of sp³-hybridized carbons (Fsp3) is 0. The second-order valence-electron chi connectivity index (χ2n) is 3.29. The number of azide groups is 1. The summed E-state index contributed by atoms with van der Waals surface area (Å²) in [7, 11) is 0. The SMILES string of the molecule is [N-]=[N+]=NC(=S)c1cc(-c2ccccc2)ccn1. The summed E-state index contributed by atoms with van der Waals surface area (Å²) in [5.74, 6) is 0. The summed E-state index contributed by atoms with van der Waals surface area (Å²) in [5, 5.41) is 3.38. The van der Waals surface area contributed by atoms with Gasteiger partial charge < -0.3 is 0 Å². The van der Waals surface area contributed by atoms with Gasteiger partial charge in [0.1, 0.15) is 4.99 Å². The molecular formula is C12H8N4S. The lowest BCUT2D eigenvalue weighted by atomic mass is 10.1. The third kappa shape index (κ3) is 2.66. The third-order valence-electron chi connectivity index (χ3n) is 2.22. The van der Waals surface area contributed by atoms with Crippen LogP contribution >= 0.6 is 12.2 Å². The molecule has 0 atom stereocenters. The van der Waals surface area contributed by atoms with Crippen molar-refractivity contribution in [3.05, 3.63) is 64.8 Å². The molecule has 17 heavy (non-hydrogen) atoms. The summed E-state index contributed by atoms with van der Waals surface area (Å²) in [6.45, 7) is 0. The maximum atomic E-state index is 8.33. The summed E-state index contributed by atoms with van der Waals surface area (Å²) in [4.78, 5) is 6.89. The van der Waals surface area contributed by atoms with Gasteiger partial charge in [0, 0.05) is 11.1 Å². The summed E-state index contributed by atoms with van der Waals surface area (Å²) in [5.41, 5.74) is 10.9. The van der Waals surface area contributed by atoms with Gasteiger partial charge >= 0.3 is 0 Å². The zero-order valence-electron chi connectivity index (χ0n) is 8.82. The van der Waals surface area contributed by atoms with E-state index in [0.717, 1.165) is 11.1 Å². The monoisotopic (exact) mass is 240 g/mol. The minimum Gasteiger partial charge on any atom is -0.255 e. The van der Waals surface area contributed by atoms with Gasteiger partial charge in [-0.15, -0.1) is 0 Å². The van der Waals surface area contributed by atoms with E-state index < -0.39 is 0 Å². The van der Waals surface area contributed by atoms with E-state index >= 15 is 0 Å². The highest BCUT2D eigenvalue weighted by molar-refractivity contribution is 7.80. The molecule has 0 saturated heterocycles. The van der Waals surface area contributed by atoms with Crippen molar-refractivity contribution in [2.45, 2.75) is 0 Å². The molecule has 2 aromatic rings. The maximum absolute atomic E-state index is 8.33. The molecule has 0 aliphatic heterocycles. The van der Waals surface area contributed by atoms with Crippen molar-refractivity contribution in [1.82, 2.24) is 4.98 Å². The predicted octanol–water partition coefficient (Wildman–Crippen LogP) is 3.73. The average molecular weight is 240 g/mol. The van der Waals surface area contributed by atoms with Crippen LogP contribution in [0.15, 0.2) is 53.8 Å². The van der Waals surface area contributed by atoms with Crippen LogP contribution in [-0.2, 0) is 0 Å². The highest BCUT2D eigenvalue weighted by Crippen LogP contribution is 2.19. The molecule has 0 N–H and O–H groups in total. The fourth-order valence-corrected chi connectivity index (χ4v) is 1.60. The number of hydrogen-bond donors (Lipinski definition) is 0. The van der Waals surface area contributed by atoms with E-state index in [-0.39, 0.29) is 4.99 Å². The number of rotatable bonds is 2. The smallest absolute Gasteiger partial charge is 0.126 e. The quantitative estimate of drug-likeness (QED) is 0.347. The Bertz CT molecular complexity index is 588. The summed E-state index contributed by atoms with van der Waals surface area (Å²) < 4.78 is 0. The molecule has 2 rings (SSSR count). The normalized spacial score (nSPS) is 9.41. The van der Waals surface area contributed by atoms with Gasteiger partial charge in [0.25, 0.3) is 0 Å². The molecule has 0 saturated carbocycles. The highest BCUT2D eigenvalue weighted by Gasteiger charge is 2.03. The van der Waals surface area contributed by atoms with Crippen molar-refractivity contribution in [1.29, 1.82) is 0 Å². The second kappa shape index (κ2) is 5.21. The van der Waals surface area contributed by atoms with E-state index in [0.29, 0.717) is 5.69 Å². The Morgan fingerprint density at radius 3 is 2.65 bits per heavy atom. The lowest BCUT2D eigenvalue weighted by Crippen LogP contribution is -1.95. The summed E-state index contributed by atoms with van der Waals surface area (Å²) in [6, 6.07) is 13.6. The van der Waals surface area contributed by atoms with Gasteiger partial charge in [0.15, 0.2) is 0 Å². The van der Waals surface area contributed by atoms with Gasteiger partial charge in [-0.25, -0.2) is 0 Å². The number of aromatic nitrogens is 1. The molecule has 0 unspecified atom stereocenters. The standard InChI is InChI=1S/C12H8N4S/c13-16-15-12(17)11-8-10(6-7-14-11)9-4-2-1-3-5-9/h1-8H. The van der Waals surface area contributed by atoms with Crippen molar-refractivity contribution in [2.24, 2.45) is 5.11 Å². The number of thiocarbonyl (C=S) groups is 1. The van der Waals surface area contributed by atoms with E-state index in [1.165, 1.54) is 0 Å². The topological polar surface area (TPSA) is 61.7 Å². The van der Waals surface area contributed by atoms with E-state index in [1.54, 1.807) is 6.20 Å². The van der Waals surface area contributed by atoms with Crippen molar-refractivity contribution < 1.29 is 0 Å². The molecule has 82 valence electrons. The summed E-state index contributed by atoms with van der Waals surface area (Å²) >= 11 is 4.95. The lowest BCUT2D eigenvalue weighted by Gasteiger charge is -2.03. The van der Waals surface area contributed by atoms with Crippen LogP contribution in [0.3, 0.4) is 0 Å². The largest absolute Gasteiger partial charge is 0.255 e.